The summed E-state index contributed by atoms with van der Waals surface area (Å²) in [6, 6.07) is -2.68. The molecule has 0 amide bonds. The Kier molecular flexibility index (Phi) is 10.5. The molecule has 0 spiro atoms. The zero-order valence-corrected chi connectivity index (χ0v) is 24.6. The lowest BCUT2D eigenvalue weighted by atomic mass is 9.98. The summed E-state index contributed by atoms with van der Waals surface area (Å²) in [5.41, 5.74) is 2.60. The van der Waals surface area contributed by atoms with Crippen molar-refractivity contribution in [3.05, 3.63) is 12.7 Å². The Hall–Kier alpha value is -2.89. The van der Waals surface area contributed by atoms with Crippen molar-refractivity contribution in [2.45, 2.75) is 96.4 Å². The third kappa shape index (κ3) is 7.18. The Morgan fingerprint density at radius 2 is 1.64 bits per heavy atom. The molecule has 3 rings (SSSR count). The van der Waals surface area contributed by atoms with Gasteiger partial charge in [-0.1, -0.05) is 0 Å². The number of nitrogens with zero attached hydrogens (tertiary/aromatic N) is 4. The number of aliphatic hydroxyl groups is 1. The maximum atomic E-state index is 15.5. The van der Waals surface area contributed by atoms with E-state index < -0.39 is 81.0 Å². The topological polar surface area (TPSA) is 202 Å². The molecule has 5 N–H and O–H groups in total. The van der Waals surface area contributed by atoms with E-state index >= 15 is 4.39 Å². The van der Waals surface area contributed by atoms with Crippen LogP contribution in [0, 0.1) is 0 Å². The summed E-state index contributed by atoms with van der Waals surface area (Å²) in [4.78, 5) is 36.4. The average molecular weight is 626 g/mol. The van der Waals surface area contributed by atoms with Crippen molar-refractivity contribution in [2.75, 3.05) is 12.3 Å². The molecule has 236 valence electrons. The van der Waals surface area contributed by atoms with Crippen LogP contribution in [-0.4, -0.2) is 91.8 Å². The van der Waals surface area contributed by atoms with Crippen molar-refractivity contribution in [1.82, 2.24) is 29.7 Å². The Morgan fingerprint density at radius 3 is 2.14 bits per heavy atom. The van der Waals surface area contributed by atoms with Gasteiger partial charge in [0.05, 0.1) is 25.1 Å². The van der Waals surface area contributed by atoms with E-state index in [4.69, 9.17) is 24.5 Å². The van der Waals surface area contributed by atoms with Gasteiger partial charge in [-0.2, -0.15) is 0 Å². The second-order valence-electron chi connectivity index (χ2n) is 10.2. The van der Waals surface area contributed by atoms with Crippen LogP contribution in [0.4, 0.5) is 19.0 Å². The van der Waals surface area contributed by atoms with Crippen molar-refractivity contribution in [1.29, 1.82) is 0 Å². The normalized spacial score (nSPS) is 24.5. The maximum absolute atomic E-state index is 15.5. The number of carbonyl (C=O) groups is 2. The third-order valence-corrected chi connectivity index (χ3v) is 7.99. The minimum Gasteiger partial charge on any atom is -0.462 e. The molecule has 6 atom stereocenters. The number of nitrogens with two attached hydrogens (primary N) is 1. The molecule has 1 aliphatic rings. The first-order valence-electron chi connectivity index (χ1n) is 12.9. The fraction of sp³-hybridized carbons (Fsp3) is 0.696. The van der Waals surface area contributed by atoms with Gasteiger partial charge >= 0.3 is 19.6 Å². The number of aliphatic hydroxyl groups excluding tert-OH is 1. The summed E-state index contributed by atoms with van der Waals surface area (Å²) in [5, 5.41) is 15.3. The van der Waals surface area contributed by atoms with Gasteiger partial charge in [0, 0.05) is 0 Å². The van der Waals surface area contributed by atoms with E-state index in [2.05, 4.69) is 25.1 Å². The quantitative estimate of drug-likeness (QED) is 0.185. The number of alkyl halides is 3. The zero-order chi connectivity index (χ0) is 31.6. The van der Waals surface area contributed by atoms with Gasteiger partial charge in [-0.3, -0.25) is 18.7 Å². The highest BCUT2D eigenvalue weighted by Crippen LogP contribution is 2.48. The van der Waals surface area contributed by atoms with Crippen molar-refractivity contribution >= 4 is 36.6 Å². The molecule has 0 radical (unpaired) electrons. The Morgan fingerprint density at radius 1 is 1.10 bits per heavy atom. The fourth-order valence-corrected chi connectivity index (χ4v) is 5.84. The number of nitrogen functional groups attached to an aromatic ring is 1. The van der Waals surface area contributed by atoms with Crippen molar-refractivity contribution in [3.63, 3.8) is 0 Å². The lowest BCUT2D eigenvalue weighted by molar-refractivity contribution is -0.181. The number of anilines is 1. The molecule has 1 fully saturated rings. The number of rotatable bonds is 13. The molecule has 0 unspecified atom stereocenters. The summed E-state index contributed by atoms with van der Waals surface area (Å²) >= 11 is 0. The van der Waals surface area contributed by atoms with Crippen LogP contribution in [0.2, 0.25) is 0 Å². The first-order chi connectivity index (χ1) is 19.5. The summed E-state index contributed by atoms with van der Waals surface area (Å²) in [5.74, 6) is -1.80. The molecule has 0 saturated carbocycles. The summed E-state index contributed by atoms with van der Waals surface area (Å²) < 4.78 is 80.3. The van der Waals surface area contributed by atoms with E-state index in [1.165, 1.54) is 13.8 Å². The molecule has 0 aromatic carbocycles. The van der Waals surface area contributed by atoms with Crippen LogP contribution in [0.5, 0.6) is 0 Å². The van der Waals surface area contributed by atoms with Gasteiger partial charge in [-0.15, -0.1) is 0 Å². The van der Waals surface area contributed by atoms with Crippen LogP contribution in [0.15, 0.2) is 12.7 Å². The largest absolute Gasteiger partial charge is 0.462 e. The van der Waals surface area contributed by atoms with Gasteiger partial charge in [0.2, 0.25) is 0 Å². The predicted octanol–water partition coefficient (Wildman–Crippen LogP) is 1.62. The first-order valence-corrected chi connectivity index (χ1v) is 14.6. The van der Waals surface area contributed by atoms with Crippen molar-refractivity contribution in [2.24, 2.45) is 0 Å². The van der Waals surface area contributed by atoms with Crippen LogP contribution < -0.4 is 15.9 Å². The number of halogens is 3. The van der Waals surface area contributed by atoms with Crippen LogP contribution in [0.1, 0.15) is 47.8 Å². The van der Waals surface area contributed by atoms with Gasteiger partial charge in [-0.25, -0.2) is 38.3 Å². The lowest BCUT2D eigenvalue weighted by Crippen LogP contribution is -2.52. The number of carbonyl (C=O) groups excluding carboxylic acids is 2. The molecule has 0 aliphatic carbocycles. The molecular weight excluding hydrogens is 590 g/mol. The lowest BCUT2D eigenvalue weighted by Gasteiger charge is -2.33. The minimum atomic E-state index is -4.65. The van der Waals surface area contributed by atoms with Crippen molar-refractivity contribution in [3.8, 4) is 0 Å². The molecular formula is C23H35F3N7O8P. The molecule has 19 heteroatoms. The number of aromatic nitrogens is 4. The number of ether oxygens (including phenoxy) is 3. The van der Waals surface area contributed by atoms with E-state index in [9.17, 15) is 28.0 Å². The number of hydrogen-bond donors (Lipinski definition) is 4. The van der Waals surface area contributed by atoms with Gasteiger partial charge in [0.15, 0.2) is 29.5 Å². The summed E-state index contributed by atoms with van der Waals surface area (Å²) in [7, 11) is -4.65. The molecule has 2 aromatic heterocycles. The summed E-state index contributed by atoms with van der Waals surface area (Å²) in [6.45, 7) is 7.38. The monoisotopic (exact) mass is 625 g/mol. The Balaban J connectivity index is 1.91. The highest BCUT2D eigenvalue weighted by molar-refractivity contribution is 7.54. The average Bonchev–Trinajstić information content (AvgIpc) is 3.42. The zero-order valence-electron chi connectivity index (χ0n) is 23.7. The Bertz CT molecular complexity index is 1280. The number of fused-ring (bicyclic) bond motifs is 1. The number of esters is 2. The minimum absolute atomic E-state index is 0.0336. The SMILES string of the molecule is CC(C)OC(=O)[C@H](C)NP(=O)(N[C@@H](C)C(=O)OC(C)C)OC[C@@]1(C(F)F)O[C@@H](n2cnc3c(N)ncnc32)[C@H](O)[C@H]1F. The van der Waals surface area contributed by atoms with E-state index in [0.29, 0.717) is 0 Å². The van der Waals surface area contributed by atoms with E-state index in [-0.39, 0.29) is 17.0 Å². The number of imidazole rings is 1. The molecule has 1 saturated heterocycles. The number of hydrogen-bond acceptors (Lipinski definition) is 12. The van der Waals surface area contributed by atoms with Crippen LogP contribution in [0.3, 0.4) is 0 Å². The van der Waals surface area contributed by atoms with E-state index in [1.807, 2.05) is 0 Å². The second-order valence-corrected chi connectivity index (χ2v) is 12.1. The van der Waals surface area contributed by atoms with E-state index in [1.54, 1.807) is 27.7 Å². The predicted molar refractivity (Wildman–Crippen MR) is 141 cm³/mol. The third-order valence-electron chi connectivity index (χ3n) is 6.04. The molecule has 42 heavy (non-hydrogen) atoms. The van der Waals surface area contributed by atoms with Gasteiger partial charge in [0.1, 0.15) is 30.0 Å². The fourth-order valence-electron chi connectivity index (χ4n) is 4.01. The smallest absolute Gasteiger partial charge is 0.342 e. The van der Waals surface area contributed by atoms with Crippen LogP contribution in [-0.2, 0) is 32.9 Å². The maximum Gasteiger partial charge on any atom is 0.342 e. The highest BCUT2D eigenvalue weighted by Gasteiger charge is 2.63. The second kappa shape index (κ2) is 13.2. The van der Waals surface area contributed by atoms with Crippen molar-refractivity contribution < 1.29 is 51.2 Å². The number of nitrogens with one attached hydrogen (secondary N) is 2. The van der Waals surface area contributed by atoms with E-state index in [0.717, 1.165) is 17.2 Å². The highest BCUT2D eigenvalue weighted by atomic mass is 31.2. The van der Waals surface area contributed by atoms with Gasteiger partial charge in [-0.05, 0) is 41.5 Å². The molecule has 15 nitrogen and oxygen atoms in total. The molecule has 0 bridgehead atoms. The van der Waals surface area contributed by atoms with Gasteiger partial charge < -0.3 is 29.6 Å². The standard InChI is InChI=1S/C23H35F3N7O8P/c1-10(2)39-20(35)12(5)31-42(37,32-13(6)21(36)40-11(3)4)38-7-23(22(25)26)16(24)15(34)19(41-23)33-9-30-14-17(27)28-8-29-18(14)33/h8-13,15-16,19,22,34H,7H2,1-6H3,(H2,27,28,29)(H2,31,32,37)/t12-,13-,15+,16+,19+,23+/m0/s1. The van der Waals surface area contributed by atoms with Gasteiger partial charge in [0.25, 0.3) is 6.43 Å². The Labute approximate surface area is 239 Å². The first kappa shape index (κ1) is 33.6. The summed E-state index contributed by atoms with van der Waals surface area (Å²) in [6.07, 6.45) is -9.35. The molecule has 3 heterocycles. The molecule has 2 aromatic rings. The van der Waals surface area contributed by atoms with Crippen LogP contribution >= 0.6 is 7.67 Å². The van der Waals surface area contributed by atoms with Crippen LogP contribution in [0.25, 0.3) is 11.2 Å². The molecule has 1 aliphatic heterocycles.